The Bertz CT molecular complexity index is 436. The van der Waals surface area contributed by atoms with E-state index in [0.29, 0.717) is 10.6 Å². The lowest BCUT2D eigenvalue weighted by Crippen LogP contribution is -2.31. The molecule has 1 aromatic rings. The molecule has 106 valence electrons. The van der Waals surface area contributed by atoms with Gasteiger partial charge in [0.25, 0.3) is 0 Å². The van der Waals surface area contributed by atoms with Crippen LogP contribution in [0.2, 0.25) is 5.02 Å². The van der Waals surface area contributed by atoms with Crippen molar-refractivity contribution in [3.8, 4) is 0 Å². The molecule has 0 spiro atoms. The van der Waals surface area contributed by atoms with Gasteiger partial charge in [0, 0.05) is 17.7 Å². The van der Waals surface area contributed by atoms with Crippen molar-refractivity contribution in [3.63, 3.8) is 0 Å². The molecule has 1 aromatic carbocycles. The van der Waals surface area contributed by atoms with Crippen LogP contribution in [0.1, 0.15) is 25.5 Å². The first-order chi connectivity index (χ1) is 8.85. The predicted octanol–water partition coefficient (Wildman–Crippen LogP) is 2.88. The number of primary amides is 1. The van der Waals surface area contributed by atoms with Crippen molar-refractivity contribution in [1.29, 1.82) is 0 Å². The van der Waals surface area contributed by atoms with Gasteiger partial charge in [-0.3, -0.25) is 0 Å². The molecule has 0 saturated heterocycles. The van der Waals surface area contributed by atoms with Gasteiger partial charge in [-0.05, 0) is 19.9 Å². The maximum atomic E-state index is 10.7. The summed E-state index contributed by atoms with van der Waals surface area (Å²) >= 11 is 6.11. The van der Waals surface area contributed by atoms with Gasteiger partial charge in [-0.15, -0.1) is 0 Å². The van der Waals surface area contributed by atoms with Crippen LogP contribution in [0.25, 0.3) is 0 Å². The molecule has 1 atom stereocenters. The first-order valence-corrected chi connectivity index (χ1v) is 6.13. The number of hydrogen-bond donors (Lipinski definition) is 1. The molecule has 5 nitrogen and oxygen atoms in total. The Morgan fingerprint density at radius 3 is 2.58 bits per heavy atom. The minimum absolute atomic E-state index is 0.0359. The number of ether oxygens (including phenoxy) is 3. The lowest BCUT2D eigenvalue weighted by atomic mass is 10.1. The predicted molar refractivity (Wildman–Crippen MR) is 71.9 cm³/mol. The van der Waals surface area contributed by atoms with Crippen molar-refractivity contribution in [2.75, 3.05) is 13.7 Å². The minimum Gasteiger partial charge on any atom is -0.447 e. The summed E-state index contributed by atoms with van der Waals surface area (Å²) in [6, 6.07) is 7.15. The zero-order chi connectivity index (χ0) is 14.5. The van der Waals surface area contributed by atoms with Crippen LogP contribution in [0.4, 0.5) is 4.79 Å². The minimum atomic E-state index is -0.865. The zero-order valence-electron chi connectivity index (χ0n) is 11.2. The highest BCUT2D eigenvalue weighted by atomic mass is 35.5. The molecule has 19 heavy (non-hydrogen) atoms. The van der Waals surface area contributed by atoms with Gasteiger partial charge in [0.05, 0.1) is 0 Å². The summed E-state index contributed by atoms with van der Waals surface area (Å²) in [6.45, 7) is 3.47. The van der Waals surface area contributed by atoms with E-state index in [2.05, 4.69) is 0 Å². The molecule has 0 heterocycles. The third-order valence-corrected chi connectivity index (χ3v) is 2.89. The second kappa shape index (κ2) is 6.75. The molecular weight excluding hydrogens is 270 g/mol. The number of halogens is 1. The molecule has 0 aliphatic heterocycles. The molecule has 0 unspecified atom stereocenters. The van der Waals surface area contributed by atoms with E-state index >= 15 is 0 Å². The summed E-state index contributed by atoms with van der Waals surface area (Å²) in [5.41, 5.74) is 5.68. The fourth-order valence-electron chi connectivity index (χ4n) is 1.47. The van der Waals surface area contributed by atoms with Gasteiger partial charge in [-0.2, -0.15) is 0 Å². The van der Waals surface area contributed by atoms with Crippen LogP contribution in [0, 0.1) is 0 Å². The topological polar surface area (TPSA) is 70.8 Å². The number of nitrogens with two attached hydrogens (primary N) is 1. The van der Waals surface area contributed by atoms with E-state index < -0.39 is 18.0 Å². The monoisotopic (exact) mass is 287 g/mol. The first kappa shape index (κ1) is 15.8. The SMILES string of the molecule is COC(C)(C)O[C@H](COC(N)=O)c1ccccc1Cl. The van der Waals surface area contributed by atoms with Crippen LogP contribution in [0.15, 0.2) is 24.3 Å². The van der Waals surface area contributed by atoms with Crippen molar-refractivity contribution >= 4 is 17.7 Å². The zero-order valence-corrected chi connectivity index (χ0v) is 11.9. The van der Waals surface area contributed by atoms with Crippen LogP contribution in [0.3, 0.4) is 0 Å². The van der Waals surface area contributed by atoms with Crippen molar-refractivity contribution in [3.05, 3.63) is 34.9 Å². The number of methoxy groups -OCH3 is 1. The number of rotatable bonds is 6. The van der Waals surface area contributed by atoms with Crippen LogP contribution < -0.4 is 5.73 Å². The molecule has 0 fully saturated rings. The molecule has 0 aliphatic rings. The van der Waals surface area contributed by atoms with Gasteiger partial charge in [-0.25, -0.2) is 4.79 Å². The van der Waals surface area contributed by atoms with Gasteiger partial charge in [0.15, 0.2) is 5.79 Å². The lowest BCUT2D eigenvalue weighted by molar-refractivity contribution is -0.231. The molecule has 6 heteroatoms. The summed E-state index contributed by atoms with van der Waals surface area (Å²) in [5, 5.41) is 0.521. The van der Waals surface area contributed by atoms with Crippen LogP contribution in [-0.4, -0.2) is 25.6 Å². The Labute approximate surface area is 117 Å². The Balaban J connectivity index is 2.92. The van der Waals surface area contributed by atoms with Gasteiger partial charge in [0.1, 0.15) is 12.7 Å². The lowest BCUT2D eigenvalue weighted by Gasteiger charge is -2.29. The molecule has 1 amide bonds. The highest BCUT2D eigenvalue weighted by Gasteiger charge is 2.26. The van der Waals surface area contributed by atoms with Crippen molar-refractivity contribution in [1.82, 2.24) is 0 Å². The largest absolute Gasteiger partial charge is 0.447 e. The van der Waals surface area contributed by atoms with Crippen molar-refractivity contribution < 1.29 is 19.0 Å². The van der Waals surface area contributed by atoms with Crippen LogP contribution in [0.5, 0.6) is 0 Å². The van der Waals surface area contributed by atoms with Gasteiger partial charge in [0.2, 0.25) is 0 Å². The maximum Gasteiger partial charge on any atom is 0.404 e. The molecule has 0 radical (unpaired) electrons. The van der Waals surface area contributed by atoms with Gasteiger partial charge < -0.3 is 19.9 Å². The smallest absolute Gasteiger partial charge is 0.404 e. The third-order valence-electron chi connectivity index (χ3n) is 2.55. The van der Waals surface area contributed by atoms with Gasteiger partial charge >= 0.3 is 6.09 Å². The molecule has 0 aliphatic carbocycles. The normalized spacial score (nSPS) is 13.1. The summed E-state index contributed by atoms with van der Waals surface area (Å²) in [6.07, 6.45) is -1.42. The van der Waals surface area contributed by atoms with E-state index in [1.165, 1.54) is 7.11 Å². The summed E-state index contributed by atoms with van der Waals surface area (Å²) in [5.74, 6) is -0.842. The number of carbonyl (C=O) groups excluding carboxylic acids is 1. The summed E-state index contributed by atoms with van der Waals surface area (Å²) in [7, 11) is 1.53. The van der Waals surface area contributed by atoms with E-state index in [9.17, 15) is 4.79 Å². The van der Waals surface area contributed by atoms with Crippen LogP contribution in [-0.2, 0) is 14.2 Å². The highest BCUT2D eigenvalue weighted by molar-refractivity contribution is 6.31. The summed E-state index contributed by atoms with van der Waals surface area (Å²) < 4.78 is 15.8. The third kappa shape index (κ3) is 5.06. The van der Waals surface area contributed by atoms with Gasteiger partial charge in [-0.1, -0.05) is 29.8 Å². The quantitative estimate of drug-likeness (QED) is 0.817. The fraction of sp³-hybridized carbons (Fsp3) is 0.462. The Kier molecular flexibility index (Phi) is 5.60. The van der Waals surface area contributed by atoms with E-state index in [-0.39, 0.29) is 6.61 Å². The molecule has 0 saturated carbocycles. The standard InChI is InChI=1S/C13H18ClNO4/c1-13(2,17-3)19-11(8-18-12(15)16)9-6-4-5-7-10(9)14/h4-7,11H,8H2,1-3H3,(H2,15,16)/t11-/m1/s1. The number of hydrogen-bond acceptors (Lipinski definition) is 4. The van der Waals surface area contributed by atoms with Crippen LogP contribution >= 0.6 is 11.6 Å². The van der Waals surface area contributed by atoms with E-state index in [4.69, 9.17) is 31.5 Å². The Morgan fingerprint density at radius 1 is 1.42 bits per heavy atom. The summed E-state index contributed by atoms with van der Waals surface area (Å²) in [4.78, 5) is 10.7. The highest BCUT2D eigenvalue weighted by Crippen LogP contribution is 2.29. The first-order valence-electron chi connectivity index (χ1n) is 5.75. The molecule has 1 rings (SSSR count). The van der Waals surface area contributed by atoms with E-state index in [1.807, 2.05) is 6.07 Å². The number of carbonyl (C=O) groups is 1. The average molecular weight is 288 g/mol. The van der Waals surface area contributed by atoms with Crippen molar-refractivity contribution in [2.45, 2.75) is 25.7 Å². The molecule has 2 N–H and O–H groups in total. The second-order valence-electron chi connectivity index (χ2n) is 4.36. The average Bonchev–Trinajstić information content (AvgIpc) is 2.35. The van der Waals surface area contributed by atoms with E-state index in [1.54, 1.807) is 32.0 Å². The van der Waals surface area contributed by atoms with Crippen molar-refractivity contribution in [2.24, 2.45) is 5.73 Å². The fourth-order valence-corrected chi connectivity index (χ4v) is 1.73. The van der Waals surface area contributed by atoms with E-state index in [0.717, 1.165) is 0 Å². The molecular formula is C13H18ClNO4. The number of benzene rings is 1. The maximum absolute atomic E-state index is 10.7. The number of amides is 1. The molecule has 0 bridgehead atoms. The Morgan fingerprint density at radius 2 is 2.05 bits per heavy atom. The molecule has 0 aromatic heterocycles. The second-order valence-corrected chi connectivity index (χ2v) is 4.77. The Hall–Kier alpha value is -1.30.